The molecule has 0 bridgehead atoms. The molecule has 0 aromatic heterocycles. The predicted octanol–water partition coefficient (Wildman–Crippen LogP) is 4.32. The molecule has 0 aliphatic heterocycles. The molecule has 1 aromatic carbocycles. The van der Waals surface area contributed by atoms with Gasteiger partial charge >= 0.3 is 0 Å². The van der Waals surface area contributed by atoms with Crippen molar-refractivity contribution in [2.24, 2.45) is 5.41 Å². The van der Waals surface area contributed by atoms with E-state index in [1.807, 2.05) is 12.1 Å². The number of hydrogen-bond donors (Lipinski definition) is 1. The Balaban J connectivity index is 2.44. The van der Waals surface area contributed by atoms with Crippen LogP contribution in [-0.4, -0.2) is 30.6 Å². The van der Waals surface area contributed by atoms with Gasteiger partial charge in [-0.2, -0.15) is 0 Å². The summed E-state index contributed by atoms with van der Waals surface area (Å²) in [7, 11) is 4.10. The first-order chi connectivity index (χ1) is 9.28. The lowest BCUT2D eigenvalue weighted by Crippen LogP contribution is -2.51. The van der Waals surface area contributed by atoms with E-state index < -0.39 is 5.60 Å². The molecule has 0 radical (unpaired) electrons. The van der Waals surface area contributed by atoms with Crippen molar-refractivity contribution in [2.45, 2.75) is 38.2 Å². The van der Waals surface area contributed by atoms with Crippen LogP contribution in [0.15, 0.2) is 18.2 Å². The average molecular weight is 316 g/mol. The van der Waals surface area contributed by atoms with E-state index in [9.17, 15) is 5.11 Å². The summed E-state index contributed by atoms with van der Waals surface area (Å²) in [6.07, 6.45) is 3.99. The van der Waals surface area contributed by atoms with Crippen LogP contribution in [0.3, 0.4) is 0 Å². The lowest BCUT2D eigenvalue weighted by molar-refractivity contribution is -0.121. The smallest absolute Gasteiger partial charge is 0.0962 e. The maximum atomic E-state index is 11.4. The van der Waals surface area contributed by atoms with Crippen molar-refractivity contribution in [1.29, 1.82) is 0 Å². The van der Waals surface area contributed by atoms with Crippen LogP contribution >= 0.6 is 23.2 Å². The summed E-state index contributed by atoms with van der Waals surface area (Å²) in [4.78, 5) is 2.15. The van der Waals surface area contributed by atoms with Gasteiger partial charge in [-0.25, -0.2) is 0 Å². The summed E-state index contributed by atoms with van der Waals surface area (Å²) in [5, 5.41) is 12.4. The fraction of sp³-hybridized carbons (Fsp3) is 0.625. The van der Waals surface area contributed by atoms with Gasteiger partial charge in [-0.3, -0.25) is 0 Å². The Labute approximate surface area is 131 Å². The Morgan fingerprint density at radius 2 is 1.80 bits per heavy atom. The van der Waals surface area contributed by atoms with Gasteiger partial charge in [0, 0.05) is 12.0 Å². The maximum Gasteiger partial charge on any atom is 0.0962 e. The quantitative estimate of drug-likeness (QED) is 0.897. The Morgan fingerprint density at radius 1 is 1.15 bits per heavy atom. The van der Waals surface area contributed by atoms with Crippen molar-refractivity contribution < 1.29 is 5.11 Å². The molecule has 0 amide bonds. The summed E-state index contributed by atoms with van der Waals surface area (Å²) in [6, 6.07) is 5.51. The highest BCUT2D eigenvalue weighted by molar-refractivity contribution is 6.42. The van der Waals surface area contributed by atoms with Crippen molar-refractivity contribution in [1.82, 2.24) is 4.90 Å². The van der Waals surface area contributed by atoms with Gasteiger partial charge in [-0.1, -0.05) is 49.0 Å². The highest BCUT2D eigenvalue weighted by Gasteiger charge is 2.49. The number of nitrogens with zero attached hydrogens (tertiary/aromatic N) is 1. The van der Waals surface area contributed by atoms with E-state index in [2.05, 4.69) is 25.9 Å². The van der Waals surface area contributed by atoms with Crippen molar-refractivity contribution in [3.05, 3.63) is 33.8 Å². The SMILES string of the molecule is CN(C)C[C@]1(C)CCCCC1(O)c1ccc(Cl)c(Cl)c1. The minimum absolute atomic E-state index is 0.175. The molecular weight excluding hydrogens is 293 g/mol. The van der Waals surface area contributed by atoms with Gasteiger partial charge in [-0.05, 0) is 44.6 Å². The fourth-order valence-electron chi connectivity index (χ4n) is 3.56. The lowest BCUT2D eigenvalue weighted by Gasteiger charge is -2.50. The largest absolute Gasteiger partial charge is 0.385 e. The first-order valence-corrected chi connectivity index (χ1v) is 7.87. The molecular formula is C16H23Cl2NO. The van der Waals surface area contributed by atoms with Gasteiger partial charge in [0.15, 0.2) is 0 Å². The van der Waals surface area contributed by atoms with Gasteiger partial charge in [0.2, 0.25) is 0 Å². The van der Waals surface area contributed by atoms with E-state index in [0.29, 0.717) is 10.0 Å². The highest BCUT2D eigenvalue weighted by atomic mass is 35.5. The van der Waals surface area contributed by atoms with Crippen molar-refractivity contribution in [3.8, 4) is 0 Å². The van der Waals surface area contributed by atoms with Crippen LogP contribution in [0.4, 0.5) is 0 Å². The summed E-state index contributed by atoms with van der Waals surface area (Å²) >= 11 is 12.1. The molecule has 1 N–H and O–H groups in total. The molecule has 0 saturated heterocycles. The number of halogens is 2. The molecule has 1 aliphatic rings. The van der Waals surface area contributed by atoms with Crippen LogP contribution in [0.25, 0.3) is 0 Å². The summed E-state index contributed by atoms with van der Waals surface area (Å²) < 4.78 is 0. The molecule has 0 spiro atoms. The van der Waals surface area contributed by atoms with E-state index in [1.165, 1.54) is 0 Å². The molecule has 1 aromatic rings. The minimum Gasteiger partial charge on any atom is -0.385 e. The zero-order chi connectivity index (χ0) is 15.0. The molecule has 2 nitrogen and oxygen atoms in total. The van der Waals surface area contributed by atoms with Crippen molar-refractivity contribution >= 4 is 23.2 Å². The molecule has 1 unspecified atom stereocenters. The predicted molar refractivity (Wildman–Crippen MR) is 85.5 cm³/mol. The third-order valence-electron chi connectivity index (χ3n) is 4.58. The third-order valence-corrected chi connectivity index (χ3v) is 5.32. The Hall–Kier alpha value is -0.280. The van der Waals surface area contributed by atoms with E-state index >= 15 is 0 Å². The third kappa shape index (κ3) is 2.85. The van der Waals surface area contributed by atoms with E-state index in [1.54, 1.807) is 6.07 Å². The first kappa shape index (κ1) is 16.1. The van der Waals surface area contributed by atoms with Crippen LogP contribution in [0, 0.1) is 5.41 Å². The number of hydrogen-bond acceptors (Lipinski definition) is 2. The maximum absolute atomic E-state index is 11.4. The van der Waals surface area contributed by atoms with Gasteiger partial charge in [0.1, 0.15) is 0 Å². The average Bonchev–Trinajstić information content (AvgIpc) is 2.35. The highest BCUT2D eigenvalue weighted by Crippen LogP contribution is 2.51. The standard InChI is InChI=1S/C16H23Cl2NO/c1-15(11-19(2)3)8-4-5-9-16(15,20)12-6-7-13(17)14(18)10-12/h6-7,10,20H,4-5,8-9,11H2,1-3H3/t15-,16?/m0/s1. The number of rotatable bonds is 3. The van der Waals surface area contributed by atoms with Gasteiger partial charge in [0.25, 0.3) is 0 Å². The van der Waals surface area contributed by atoms with Crippen LogP contribution < -0.4 is 0 Å². The first-order valence-electron chi connectivity index (χ1n) is 7.11. The fourth-order valence-corrected chi connectivity index (χ4v) is 3.86. The van der Waals surface area contributed by atoms with Crippen molar-refractivity contribution in [2.75, 3.05) is 20.6 Å². The molecule has 0 heterocycles. The molecule has 1 fully saturated rings. The molecule has 2 rings (SSSR count). The zero-order valence-electron chi connectivity index (χ0n) is 12.4. The lowest BCUT2D eigenvalue weighted by atomic mass is 9.61. The number of benzene rings is 1. The Kier molecular flexibility index (Phi) is 4.70. The Morgan fingerprint density at radius 3 is 2.40 bits per heavy atom. The molecule has 112 valence electrons. The minimum atomic E-state index is -0.844. The summed E-state index contributed by atoms with van der Waals surface area (Å²) in [5.41, 5.74) is -0.133. The van der Waals surface area contributed by atoms with E-state index in [4.69, 9.17) is 23.2 Å². The van der Waals surface area contributed by atoms with Gasteiger partial charge < -0.3 is 10.0 Å². The Bertz CT molecular complexity index is 491. The van der Waals surface area contributed by atoms with E-state index in [-0.39, 0.29) is 5.41 Å². The monoisotopic (exact) mass is 315 g/mol. The van der Waals surface area contributed by atoms with Crippen LogP contribution in [0.1, 0.15) is 38.2 Å². The van der Waals surface area contributed by atoms with Crippen LogP contribution in [0.2, 0.25) is 10.0 Å². The second kappa shape index (κ2) is 5.84. The molecule has 20 heavy (non-hydrogen) atoms. The molecule has 1 saturated carbocycles. The van der Waals surface area contributed by atoms with Crippen LogP contribution in [-0.2, 0) is 5.60 Å². The second-order valence-corrected chi connectivity index (χ2v) is 7.31. The van der Waals surface area contributed by atoms with Crippen molar-refractivity contribution in [3.63, 3.8) is 0 Å². The molecule has 1 aliphatic carbocycles. The van der Waals surface area contributed by atoms with Gasteiger partial charge in [-0.15, -0.1) is 0 Å². The second-order valence-electron chi connectivity index (χ2n) is 6.49. The normalized spacial score (nSPS) is 30.8. The topological polar surface area (TPSA) is 23.5 Å². The summed E-state index contributed by atoms with van der Waals surface area (Å²) in [5.74, 6) is 0. The number of aliphatic hydroxyl groups is 1. The van der Waals surface area contributed by atoms with E-state index in [0.717, 1.165) is 37.8 Å². The van der Waals surface area contributed by atoms with Crippen LogP contribution in [0.5, 0.6) is 0 Å². The zero-order valence-corrected chi connectivity index (χ0v) is 13.9. The summed E-state index contributed by atoms with van der Waals surface area (Å²) in [6.45, 7) is 3.03. The molecule has 4 heteroatoms. The van der Waals surface area contributed by atoms with Gasteiger partial charge in [0.05, 0.1) is 15.6 Å². The molecule has 2 atom stereocenters.